The van der Waals surface area contributed by atoms with Crippen LogP contribution in [0.5, 0.6) is 0 Å². The van der Waals surface area contributed by atoms with Crippen molar-refractivity contribution in [2.75, 3.05) is 45.9 Å². The van der Waals surface area contributed by atoms with Crippen molar-refractivity contribution in [1.82, 2.24) is 20.1 Å². The summed E-state index contributed by atoms with van der Waals surface area (Å²) in [5, 5.41) is 12.9. The van der Waals surface area contributed by atoms with E-state index in [0.29, 0.717) is 44.4 Å². The maximum absolute atomic E-state index is 12.3. The van der Waals surface area contributed by atoms with Gasteiger partial charge in [0, 0.05) is 39.3 Å². The molecule has 1 unspecified atom stereocenters. The van der Waals surface area contributed by atoms with Crippen LogP contribution in [-0.2, 0) is 17.8 Å². The predicted molar refractivity (Wildman–Crippen MR) is 113 cm³/mol. The highest BCUT2D eigenvalue weighted by Gasteiger charge is 2.21. The first-order chi connectivity index (χ1) is 14.6. The first-order valence-corrected chi connectivity index (χ1v) is 10.2. The molecule has 0 radical (unpaired) electrons. The smallest absolute Gasteiger partial charge is 0.273 e. The van der Waals surface area contributed by atoms with E-state index in [0.717, 1.165) is 31.7 Å². The lowest BCUT2D eigenvalue weighted by Gasteiger charge is -2.34. The van der Waals surface area contributed by atoms with E-state index in [9.17, 15) is 9.90 Å². The van der Waals surface area contributed by atoms with E-state index in [1.807, 2.05) is 30.3 Å². The molecule has 162 valence electrons. The summed E-state index contributed by atoms with van der Waals surface area (Å²) >= 11 is 0. The lowest BCUT2D eigenvalue weighted by atomic mass is 10.2. The van der Waals surface area contributed by atoms with Crippen molar-refractivity contribution in [2.45, 2.75) is 19.2 Å². The molecule has 1 amide bonds. The number of aliphatic hydroxyl groups excluding tert-OH is 1. The number of aliphatic hydroxyl groups is 1. The van der Waals surface area contributed by atoms with Crippen molar-refractivity contribution in [3.8, 4) is 0 Å². The fraction of sp³-hybridized carbons (Fsp3) is 0.455. The Morgan fingerprint density at radius 1 is 1.27 bits per heavy atom. The molecule has 2 N–H and O–H groups in total. The number of hydrogen-bond acceptors (Lipinski definition) is 7. The average molecular weight is 415 g/mol. The number of aromatic nitrogens is 1. The Labute approximate surface area is 177 Å². The number of oxazole rings is 1. The number of β-amino-alcohol motifs (C(OH)–C–C–N with tert-alkyl or cyclic N) is 1. The van der Waals surface area contributed by atoms with E-state index in [2.05, 4.69) is 26.7 Å². The van der Waals surface area contributed by atoms with Crippen LogP contribution in [0.1, 0.15) is 21.9 Å². The van der Waals surface area contributed by atoms with Gasteiger partial charge >= 0.3 is 0 Å². The minimum Gasteiger partial charge on any atom is -0.447 e. The van der Waals surface area contributed by atoms with E-state index in [-0.39, 0.29) is 5.91 Å². The molecule has 1 aliphatic heterocycles. The van der Waals surface area contributed by atoms with E-state index < -0.39 is 6.10 Å². The largest absolute Gasteiger partial charge is 0.447 e. The van der Waals surface area contributed by atoms with Crippen molar-refractivity contribution in [3.63, 3.8) is 0 Å². The van der Waals surface area contributed by atoms with Crippen LogP contribution in [0.25, 0.3) is 0 Å². The Morgan fingerprint density at radius 3 is 2.73 bits per heavy atom. The molecule has 1 atom stereocenters. The van der Waals surface area contributed by atoms with Gasteiger partial charge in [0.25, 0.3) is 5.91 Å². The summed E-state index contributed by atoms with van der Waals surface area (Å²) in [5.74, 6) is 0.289. The van der Waals surface area contributed by atoms with Gasteiger partial charge < -0.3 is 19.6 Å². The third kappa shape index (κ3) is 7.07. The number of nitrogens with one attached hydrogen (secondary N) is 1. The Morgan fingerprint density at radius 2 is 2.00 bits per heavy atom. The number of nitrogens with zero attached hydrogens (tertiary/aromatic N) is 3. The molecule has 1 aromatic heterocycles. The van der Waals surface area contributed by atoms with Crippen LogP contribution in [0.15, 0.2) is 53.7 Å². The number of carbonyl (C=O) groups is 1. The zero-order valence-corrected chi connectivity index (χ0v) is 17.2. The summed E-state index contributed by atoms with van der Waals surface area (Å²) < 4.78 is 10.8. The molecule has 0 saturated carbocycles. The molecule has 1 aromatic carbocycles. The molecular weight excluding hydrogens is 384 g/mol. The topological polar surface area (TPSA) is 91.1 Å². The summed E-state index contributed by atoms with van der Waals surface area (Å²) in [7, 11) is 0. The summed E-state index contributed by atoms with van der Waals surface area (Å²) in [6, 6.07) is 9.73. The third-order valence-electron chi connectivity index (χ3n) is 4.92. The van der Waals surface area contributed by atoms with Gasteiger partial charge in [0.05, 0.1) is 25.9 Å². The lowest BCUT2D eigenvalue weighted by molar-refractivity contribution is 0.0135. The molecule has 1 fully saturated rings. The van der Waals surface area contributed by atoms with Crippen molar-refractivity contribution >= 4 is 5.91 Å². The first kappa shape index (κ1) is 22.2. The first-order valence-electron chi connectivity index (χ1n) is 10.2. The number of carbonyl (C=O) groups excluding carboxylic acids is 1. The molecule has 30 heavy (non-hydrogen) atoms. The highest BCUT2D eigenvalue weighted by Crippen LogP contribution is 2.10. The molecule has 3 rings (SSSR count). The van der Waals surface area contributed by atoms with Gasteiger partial charge in [0.1, 0.15) is 6.26 Å². The SMILES string of the molecule is C=CCOCC(O)CN1CCN(Cc2nc(C(=O)NCc3ccccc3)co2)CC1. The Bertz CT molecular complexity index is 787. The average Bonchev–Trinajstić information content (AvgIpc) is 3.23. The Hall–Kier alpha value is -2.52. The van der Waals surface area contributed by atoms with Gasteiger partial charge in [0.15, 0.2) is 5.69 Å². The fourth-order valence-corrected chi connectivity index (χ4v) is 3.32. The standard InChI is InChI=1S/C22H30N4O4/c1-2-12-29-16-19(27)14-25-8-10-26(11-9-25)15-21-24-20(17-30-21)22(28)23-13-18-6-4-3-5-7-18/h2-7,17,19,27H,1,8-16H2,(H,23,28). The van der Waals surface area contributed by atoms with Crippen LogP contribution in [0, 0.1) is 0 Å². The molecule has 8 nitrogen and oxygen atoms in total. The van der Waals surface area contributed by atoms with E-state index in [4.69, 9.17) is 9.15 Å². The normalized spacial score (nSPS) is 16.3. The maximum Gasteiger partial charge on any atom is 0.273 e. The van der Waals surface area contributed by atoms with Gasteiger partial charge in [-0.15, -0.1) is 6.58 Å². The second-order valence-corrected chi connectivity index (χ2v) is 7.35. The molecule has 2 heterocycles. The monoisotopic (exact) mass is 414 g/mol. The second-order valence-electron chi connectivity index (χ2n) is 7.35. The fourth-order valence-electron chi connectivity index (χ4n) is 3.32. The van der Waals surface area contributed by atoms with Crippen LogP contribution in [-0.4, -0.2) is 77.8 Å². The molecule has 0 aliphatic carbocycles. The molecule has 1 aliphatic rings. The number of piperazine rings is 1. The van der Waals surface area contributed by atoms with Crippen LogP contribution < -0.4 is 5.32 Å². The minimum atomic E-state index is -0.500. The highest BCUT2D eigenvalue weighted by atomic mass is 16.5. The van der Waals surface area contributed by atoms with Crippen LogP contribution in [0.3, 0.4) is 0 Å². The highest BCUT2D eigenvalue weighted by molar-refractivity contribution is 5.91. The molecule has 8 heteroatoms. The lowest BCUT2D eigenvalue weighted by Crippen LogP contribution is -2.48. The molecule has 2 aromatic rings. The van der Waals surface area contributed by atoms with Gasteiger partial charge in [0.2, 0.25) is 5.89 Å². The Balaban J connectivity index is 1.38. The number of rotatable bonds is 11. The zero-order chi connectivity index (χ0) is 21.2. The zero-order valence-electron chi connectivity index (χ0n) is 17.2. The quantitative estimate of drug-likeness (QED) is 0.423. The number of amides is 1. The van der Waals surface area contributed by atoms with Gasteiger partial charge in [-0.3, -0.25) is 14.6 Å². The summed E-state index contributed by atoms with van der Waals surface area (Å²) in [4.78, 5) is 21.0. The van der Waals surface area contributed by atoms with E-state index in [1.54, 1.807) is 6.08 Å². The molecule has 1 saturated heterocycles. The second kappa shape index (κ2) is 11.6. The van der Waals surface area contributed by atoms with Gasteiger partial charge in [-0.1, -0.05) is 36.4 Å². The number of benzene rings is 1. The molecule has 0 spiro atoms. The summed E-state index contributed by atoms with van der Waals surface area (Å²) in [5.41, 5.74) is 1.33. The van der Waals surface area contributed by atoms with Crippen LogP contribution >= 0.6 is 0 Å². The van der Waals surface area contributed by atoms with Gasteiger partial charge in [-0.2, -0.15) is 0 Å². The predicted octanol–water partition coefficient (Wildman–Crippen LogP) is 1.29. The van der Waals surface area contributed by atoms with Crippen molar-refractivity contribution in [3.05, 3.63) is 66.4 Å². The number of ether oxygens (including phenoxy) is 1. The van der Waals surface area contributed by atoms with Crippen molar-refractivity contribution < 1.29 is 19.1 Å². The molecule has 0 bridgehead atoms. The maximum atomic E-state index is 12.3. The summed E-state index contributed by atoms with van der Waals surface area (Å²) in [6.07, 6.45) is 2.58. The van der Waals surface area contributed by atoms with E-state index in [1.165, 1.54) is 6.26 Å². The van der Waals surface area contributed by atoms with Crippen molar-refractivity contribution in [1.29, 1.82) is 0 Å². The van der Waals surface area contributed by atoms with Crippen LogP contribution in [0.4, 0.5) is 0 Å². The van der Waals surface area contributed by atoms with Crippen molar-refractivity contribution in [2.24, 2.45) is 0 Å². The molecular formula is C22H30N4O4. The minimum absolute atomic E-state index is 0.244. The van der Waals surface area contributed by atoms with Gasteiger partial charge in [-0.05, 0) is 5.56 Å². The number of hydrogen-bond donors (Lipinski definition) is 2. The Kier molecular flexibility index (Phi) is 8.58. The van der Waals surface area contributed by atoms with E-state index >= 15 is 0 Å². The third-order valence-corrected chi connectivity index (χ3v) is 4.92. The van der Waals surface area contributed by atoms with Gasteiger partial charge in [-0.25, -0.2) is 4.98 Å². The summed E-state index contributed by atoms with van der Waals surface area (Å²) in [6.45, 7) is 9.36. The van der Waals surface area contributed by atoms with Crippen LogP contribution in [0.2, 0.25) is 0 Å².